The average Bonchev–Trinajstić information content (AvgIpc) is 2.80. The van der Waals surface area contributed by atoms with E-state index in [9.17, 15) is 9.59 Å². The molecule has 0 fully saturated rings. The molecule has 0 saturated heterocycles. The molecule has 0 aromatic rings. The number of ether oxygens (including phenoxy) is 2. The van der Waals surface area contributed by atoms with E-state index in [0.717, 1.165) is 49.4 Å². The van der Waals surface area contributed by atoms with Gasteiger partial charge in [0, 0.05) is 12.8 Å². The van der Waals surface area contributed by atoms with E-state index in [0.29, 0.717) is 37.9 Å². The molecule has 0 aromatic heterocycles. The van der Waals surface area contributed by atoms with Gasteiger partial charge in [-0.05, 0) is 48.3 Å². The summed E-state index contributed by atoms with van der Waals surface area (Å²) in [6.45, 7) is 19.0. The maximum Gasteiger partial charge on any atom is 0.306 e. The van der Waals surface area contributed by atoms with Gasteiger partial charge in [0.15, 0.2) is 0 Å². The number of carbonyl (C=O) groups excluding carboxylic acids is 2. The summed E-state index contributed by atoms with van der Waals surface area (Å²) < 4.78 is 10.8. The molecule has 0 bridgehead atoms. The molecule has 4 unspecified atom stereocenters. The summed E-state index contributed by atoms with van der Waals surface area (Å²) in [5.41, 5.74) is 0. The highest BCUT2D eigenvalue weighted by atomic mass is 16.5. The molecule has 226 valence electrons. The van der Waals surface area contributed by atoms with Gasteiger partial charge in [0.05, 0.1) is 13.2 Å². The lowest BCUT2D eigenvalue weighted by molar-refractivity contribution is -0.147. The quantitative estimate of drug-likeness (QED) is 0.0857. The Morgan fingerprint density at radius 1 is 0.421 bits per heavy atom. The van der Waals surface area contributed by atoms with Crippen LogP contribution in [-0.4, -0.2) is 25.2 Å². The van der Waals surface area contributed by atoms with Crippen molar-refractivity contribution in [1.82, 2.24) is 0 Å². The van der Waals surface area contributed by atoms with Crippen molar-refractivity contribution in [3.63, 3.8) is 0 Å². The van der Waals surface area contributed by atoms with E-state index >= 15 is 0 Å². The van der Waals surface area contributed by atoms with Crippen LogP contribution in [0.1, 0.15) is 158 Å². The number of rotatable bonds is 25. The summed E-state index contributed by atoms with van der Waals surface area (Å²) >= 11 is 0. The highest BCUT2D eigenvalue weighted by Gasteiger charge is 2.13. The predicted molar refractivity (Wildman–Crippen MR) is 162 cm³/mol. The van der Waals surface area contributed by atoms with Gasteiger partial charge < -0.3 is 9.47 Å². The highest BCUT2D eigenvalue weighted by molar-refractivity contribution is 5.70. The summed E-state index contributed by atoms with van der Waals surface area (Å²) in [6.07, 6.45) is 17.7. The largest absolute Gasteiger partial charge is 0.466 e. The van der Waals surface area contributed by atoms with Crippen LogP contribution in [0, 0.1) is 35.5 Å². The Kier molecular flexibility index (Phi) is 23.1. The van der Waals surface area contributed by atoms with Crippen LogP contribution in [0.3, 0.4) is 0 Å². The normalized spacial score (nSPS) is 14.9. The third-order valence-electron chi connectivity index (χ3n) is 7.84. The van der Waals surface area contributed by atoms with Crippen LogP contribution >= 0.6 is 0 Å². The van der Waals surface area contributed by atoms with Gasteiger partial charge >= 0.3 is 11.9 Å². The Hall–Kier alpha value is -1.06. The van der Waals surface area contributed by atoms with Crippen molar-refractivity contribution in [2.75, 3.05) is 13.2 Å². The van der Waals surface area contributed by atoms with E-state index in [-0.39, 0.29) is 11.9 Å². The van der Waals surface area contributed by atoms with Gasteiger partial charge in [-0.2, -0.15) is 0 Å². The third-order valence-corrected chi connectivity index (χ3v) is 7.84. The molecular formula is C34H66O4. The molecule has 4 atom stereocenters. The third kappa shape index (κ3) is 25.2. The first-order valence-electron chi connectivity index (χ1n) is 16.3. The number of esters is 2. The Bertz CT molecular complexity index is 571. The lowest BCUT2D eigenvalue weighted by Crippen LogP contribution is -2.13. The summed E-state index contributed by atoms with van der Waals surface area (Å²) in [5, 5.41) is 0. The van der Waals surface area contributed by atoms with Crippen LogP contribution in [0.15, 0.2) is 0 Å². The maximum absolute atomic E-state index is 12.2. The topological polar surface area (TPSA) is 52.6 Å². The molecule has 4 nitrogen and oxygen atoms in total. The SMILES string of the molecule is CC(C)CCCC(C)CCCC(C)CCCC(C)CC(=O)OCCCCOC(=O)CC(C)CCCC(C)C. The number of hydrogen-bond acceptors (Lipinski definition) is 4. The first-order valence-corrected chi connectivity index (χ1v) is 16.3. The van der Waals surface area contributed by atoms with Crippen molar-refractivity contribution < 1.29 is 19.1 Å². The Balaban J connectivity index is 3.68. The molecule has 0 saturated carbocycles. The summed E-state index contributed by atoms with van der Waals surface area (Å²) in [7, 11) is 0. The van der Waals surface area contributed by atoms with Gasteiger partial charge in [0.1, 0.15) is 0 Å². The molecule has 38 heavy (non-hydrogen) atoms. The van der Waals surface area contributed by atoms with Crippen molar-refractivity contribution in [1.29, 1.82) is 0 Å². The van der Waals surface area contributed by atoms with Crippen LogP contribution in [0.25, 0.3) is 0 Å². The van der Waals surface area contributed by atoms with Crippen molar-refractivity contribution >= 4 is 11.9 Å². The molecule has 0 aliphatic rings. The lowest BCUT2D eigenvalue weighted by atomic mass is 9.91. The van der Waals surface area contributed by atoms with Crippen LogP contribution in [0.2, 0.25) is 0 Å². The van der Waals surface area contributed by atoms with Gasteiger partial charge in [0.25, 0.3) is 0 Å². The second-order valence-corrected chi connectivity index (χ2v) is 13.5. The zero-order chi connectivity index (χ0) is 28.8. The molecule has 0 N–H and O–H groups in total. The van der Waals surface area contributed by atoms with Crippen LogP contribution < -0.4 is 0 Å². The fraction of sp³-hybridized carbons (Fsp3) is 0.941. The standard InChI is InChI=1S/C34H66O4/c1-27(2)15-11-17-29(5)18-13-19-30(6)20-14-22-32(8)26-34(36)38-24-10-9-23-37-33(35)25-31(7)21-12-16-28(3)4/h27-32H,9-26H2,1-8H3. The first kappa shape index (κ1) is 36.9. The molecule has 0 rings (SSSR count). The minimum absolute atomic E-state index is 0.0933. The van der Waals surface area contributed by atoms with Crippen LogP contribution in [0.4, 0.5) is 0 Å². The van der Waals surface area contributed by atoms with Gasteiger partial charge in [-0.15, -0.1) is 0 Å². The van der Waals surface area contributed by atoms with E-state index in [2.05, 4.69) is 55.4 Å². The molecule has 0 spiro atoms. The first-order chi connectivity index (χ1) is 18.0. The summed E-state index contributed by atoms with van der Waals surface area (Å²) in [6, 6.07) is 0. The highest BCUT2D eigenvalue weighted by Crippen LogP contribution is 2.23. The second kappa shape index (κ2) is 23.8. The van der Waals surface area contributed by atoms with E-state index in [1.807, 2.05) is 0 Å². The second-order valence-electron chi connectivity index (χ2n) is 13.5. The van der Waals surface area contributed by atoms with Gasteiger partial charge in [-0.25, -0.2) is 0 Å². The monoisotopic (exact) mass is 538 g/mol. The van der Waals surface area contributed by atoms with Crippen molar-refractivity contribution in [3.8, 4) is 0 Å². The van der Waals surface area contributed by atoms with Gasteiger partial charge in [0.2, 0.25) is 0 Å². The van der Waals surface area contributed by atoms with Crippen molar-refractivity contribution in [2.24, 2.45) is 35.5 Å². The van der Waals surface area contributed by atoms with Crippen LogP contribution in [0.5, 0.6) is 0 Å². The van der Waals surface area contributed by atoms with Crippen molar-refractivity contribution in [2.45, 2.75) is 158 Å². The fourth-order valence-electron chi connectivity index (χ4n) is 5.13. The van der Waals surface area contributed by atoms with Crippen molar-refractivity contribution in [3.05, 3.63) is 0 Å². The Morgan fingerprint density at radius 3 is 1.03 bits per heavy atom. The van der Waals surface area contributed by atoms with E-state index in [1.54, 1.807) is 0 Å². The lowest BCUT2D eigenvalue weighted by Gasteiger charge is -2.16. The minimum atomic E-state index is -0.103. The zero-order valence-corrected chi connectivity index (χ0v) is 26.8. The molecule has 0 aromatic carbocycles. The van der Waals surface area contributed by atoms with Gasteiger partial charge in [-0.3, -0.25) is 9.59 Å². The Labute approximate surface area is 237 Å². The molecule has 0 amide bonds. The van der Waals surface area contributed by atoms with E-state index in [4.69, 9.17) is 9.47 Å². The predicted octanol–water partition coefficient (Wildman–Crippen LogP) is 10.2. The molecule has 0 heterocycles. The zero-order valence-electron chi connectivity index (χ0n) is 26.8. The minimum Gasteiger partial charge on any atom is -0.466 e. The van der Waals surface area contributed by atoms with Gasteiger partial charge in [-0.1, -0.05) is 132 Å². The molecule has 0 aliphatic heterocycles. The number of unbranched alkanes of at least 4 members (excludes halogenated alkanes) is 1. The number of carbonyl (C=O) groups is 2. The van der Waals surface area contributed by atoms with E-state index < -0.39 is 0 Å². The molecule has 0 radical (unpaired) electrons. The maximum atomic E-state index is 12.2. The van der Waals surface area contributed by atoms with Crippen LogP contribution in [-0.2, 0) is 19.1 Å². The molecule has 0 aliphatic carbocycles. The fourth-order valence-corrected chi connectivity index (χ4v) is 5.13. The Morgan fingerprint density at radius 2 is 0.711 bits per heavy atom. The summed E-state index contributed by atoms with van der Waals surface area (Å²) in [5.74, 6) is 3.75. The number of hydrogen-bond donors (Lipinski definition) is 0. The molecular weight excluding hydrogens is 472 g/mol. The average molecular weight is 539 g/mol. The smallest absolute Gasteiger partial charge is 0.306 e. The van der Waals surface area contributed by atoms with E-state index in [1.165, 1.54) is 64.2 Å². The molecule has 4 heteroatoms. The summed E-state index contributed by atoms with van der Waals surface area (Å²) in [4.78, 5) is 24.1.